The molecule has 3 aromatic rings. The summed E-state index contributed by atoms with van der Waals surface area (Å²) in [4.78, 5) is 36.9. The molecule has 2 N–H and O–H groups in total. The molecule has 0 aromatic heterocycles. The van der Waals surface area contributed by atoms with Crippen molar-refractivity contribution in [2.75, 3.05) is 24.0 Å². The number of esters is 1. The van der Waals surface area contributed by atoms with Crippen molar-refractivity contribution >= 4 is 29.2 Å². The average Bonchev–Trinajstić information content (AvgIpc) is 3.26. The molecule has 4 rings (SSSR count). The molecular weight excluding hydrogens is 419 g/mol. The number of rotatable bonds is 6. The molecule has 0 saturated carbocycles. The van der Waals surface area contributed by atoms with E-state index in [4.69, 9.17) is 14.2 Å². The van der Waals surface area contributed by atoms with Gasteiger partial charge in [0.15, 0.2) is 18.1 Å². The number of hydrogen-bond acceptors (Lipinski definition) is 6. The van der Waals surface area contributed by atoms with Crippen LogP contribution in [0, 0.1) is 5.82 Å². The number of amides is 2. The molecule has 32 heavy (non-hydrogen) atoms. The van der Waals surface area contributed by atoms with Gasteiger partial charge in [-0.1, -0.05) is 24.3 Å². The van der Waals surface area contributed by atoms with E-state index in [0.717, 1.165) is 6.07 Å². The molecule has 9 heteroatoms. The third-order valence-electron chi connectivity index (χ3n) is 4.50. The van der Waals surface area contributed by atoms with Gasteiger partial charge in [0.1, 0.15) is 5.82 Å². The first-order valence-corrected chi connectivity index (χ1v) is 9.53. The minimum absolute atomic E-state index is 0.114. The number of para-hydroxylation sites is 1. The quantitative estimate of drug-likeness (QED) is 0.573. The van der Waals surface area contributed by atoms with Gasteiger partial charge in [-0.25, -0.2) is 9.18 Å². The molecular formula is C23H17FN2O6. The first kappa shape index (κ1) is 20.9. The number of halogens is 1. The van der Waals surface area contributed by atoms with E-state index in [1.54, 1.807) is 30.3 Å². The lowest BCUT2D eigenvalue weighted by atomic mass is 10.1. The van der Waals surface area contributed by atoms with Gasteiger partial charge in [-0.15, -0.1) is 0 Å². The minimum atomic E-state index is -0.966. The van der Waals surface area contributed by atoms with Gasteiger partial charge in [-0.3, -0.25) is 9.59 Å². The zero-order chi connectivity index (χ0) is 22.5. The normalized spacial score (nSPS) is 11.5. The number of ether oxygens (including phenoxy) is 3. The van der Waals surface area contributed by atoms with Gasteiger partial charge in [0.05, 0.1) is 16.8 Å². The summed E-state index contributed by atoms with van der Waals surface area (Å²) in [6, 6.07) is 16.6. The Labute approximate surface area is 181 Å². The Morgan fingerprint density at radius 2 is 1.59 bits per heavy atom. The van der Waals surface area contributed by atoms with Gasteiger partial charge < -0.3 is 24.8 Å². The third-order valence-corrected chi connectivity index (χ3v) is 4.50. The molecule has 0 unspecified atom stereocenters. The van der Waals surface area contributed by atoms with Crippen molar-refractivity contribution in [2.24, 2.45) is 0 Å². The van der Waals surface area contributed by atoms with Gasteiger partial charge in [-0.05, 0) is 36.4 Å². The van der Waals surface area contributed by atoms with Gasteiger partial charge in [0, 0.05) is 11.8 Å². The number of benzene rings is 3. The molecule has 0 fully saturated rings. The number of carbonyl (C=O) groups excluding carboxylic acids is 3. The van der Waals surface area contributed by atoms with E-state index in [2.05, 4.69) is 10.6 Å². The number of anilines is 2. The van der Waals surface area contributed by atoms with E-state index >= 15 is 0 Å². The summed E-state index contributed by atoms with van der Waals surface area (Å²) in [7, 11) is 0. The van der Waals surface area contributed by atoms with Crippen LogP contribution in [0.4, 0.5) is 15.8 Å². The van der Waals surface area contributed by atoms with E-state index < -0.39 is 30.2 Å². The summed E-state index contributed by atoms with van der Waals surface area (Å²) in [5.74, 6) is -1.77. The maximum atomic E-state index is 13.6. The van der Waals surface area contributed by atoms with E-state index in [1.165, 1.54) is 30.3 Å². The summed E-state index contributed by atoms with van der Waals surface area (Å²) < 4.78 is 29.0. The number of carbonyl (C=O) groups is 3. The van der Waals surface area contributed by atoms with Crippen molar-refractivity contribution in [3.05, 3.63) is 83.7 Å². The van der Waals surface area contributed by atoms with Crippen LogP contribution in [0.15, 0.2) is 66.7 Å². The summed E-state index contributed by atoms with van der Waals surface area (Å²) in [5, 5.41) is 5.25. The maximum absolute atomic E-state index is 13.6. The lowest BCUT2D eigenvalue weighted by molar-refractivity contribution is -0.119. The van der Waals surface area contributed by atoms with Crippen LogP contribution >= 0.6 is 0 Å². The van der Waals surface area contributed by atoms with Crippen molar-refractivity contribution in [3.63, 3.8) is 0 Å². The number of nitrogens with one attached hydrogen (secondary N) is 2. The molecule has 1 aliphatic rings. The van der Waals surface area contributed by atoms with E-state index in [-0.39, 0.29) is 23.6 Å². The Balaban J connectivity index is 1.39. The van der Waals surface area contributed by atoms with Crippen LogP contribution in [0.1, 0.15) is 20.7 Å². The Hall–Kier alpha value is -4.40. The Kier molecular flexibility index (Phi) is 5.98. The smallest absolute Gasteiger partial charge is 0.341 e. The maximum Gasteiger partial charge on any atom is 0.341 e. The van der Waals surface area contributed by atoms with Gasteiger partial charge >= 0.3 is 5.97 Å². The standard InChI is InChI=1S/C23H17FN2O6/c24-17-7-3-1-5-15(17)23(29)30-12-21(27)26-18-8-4-2-6-16(18)22(28)25-14-9-10-19-20(11-14)32-13-31-19/h1-11H,12-13H2,(H,25,28)(H,26,27). The number of hydrogen-bond donors (Lipinski definition) is 2. The first-order chi connectivity index (χ1) is 15.5. The van der Waals surface area contributed by atoms with Crippen LogP contribution < -0.4 is 20.1 Å². The highest BCUT2D eigenvalue weighted by atomic mass is 19.1. The highest BCUT2D eigenvalue weighted by molar-refractivity contribution is 6.10. The SMILES string of the molecule is O=C(COC(=O)c1ccccc1F)Nc1ccccc1C(=O)Nc1ccc2c(c1)OCO2. The van der Waals surface area contributed by atoms with Crippen LogP contribution in [0.5, 0.6) is 11.5 Å². The topological polar surface area (TPSA) is 103 Å². The largest absolute Gasteiger partial charge is 0.454 e. The predicted molar refractivity (Wildman–Crippen MR) is 112 cm³/mol. The minimum Gasteiger partial charge on any atom is -0.454 e. The fourth-order valence-corrected chi connectivity index (χ4v) is 2.98. The Bertz CT molecular complexity index is 1200. The van der Waals surface area contributed by atoms with Crippen LogP contribution in [0.2, 0.25) is 0 Å². The second-order valence-electron chi connectivity index (χ2n) is 6.67. The summed E-state index contributed by atoms with van der Waals surface area (Å²) in [6.45, 7) is -0.533. The Morgan fingerprint density at radius 3 is 2.41 bits per heavy atom. The lowest BCUT2D eigenvalue weighted by Crippen LogP contribution is -2.23. The second-order valence-corrected chi connectivity index (χ2v) is 6.67. The van der Waals surface area contributed by atoms with E-state index in [0.29, 0.717) is 17.2 Å². The van der Waals surface area contributed by atoms with Crippen LogP contribution in [-0.2, 0) is 9.53 Å². The number of fused-ring (bicyclic) bond motifs is 1. The van der Waals surface area contributed by atoms with Crippen molar-refractivity contribution < 1.29 is 33.0 Å². The van der Waals surface area contributed by atoms with Crippen LogP contribution in [0.25, 0.3) is 0 Å². The van der Waals surface area contributed by atoms with Crippen LogP contribution in [0.3, 0.4) is 0 Å². The Morgan fingerprint density at radius 1 is 0.875 bits per heavy atom. The molecule has 0 radical (unpaired) electrons. The summed E-state index contributed by atoms with van der Waals surface area (Å²) in [5.41, 5.74) is 0.625. The van der Waals surface area contributed by atoms with Gasteiger partial charge in [0.25, 0.3) is 11.8 Å². The van der Waals surface area contributed by atoms with Crippen LogP contribution in [-0.4, -0.2) is 31.2 Å². The highest BCUT2D eigenvalue weighted by Gasteiger charge is 2.18. The molecule has 8 nitrogen and oxygen atoms in total. The molecule has 1 aliphatic heterocycles. The third kappa shape index (κ3) is 4.67. The summed E-state index contributed by atoms with van der Waals surface area (Å²) >= 11 is 0. The monoisotopic (exact) mass is 436 g/mol. The van der Waals surface area contributed by atoms with Crippen molar-refractivity contribution in [3.8, 4) is 11.5 Å². The predicted octanol–water partition coefficient (Wildman–Crippen LogP) is 3.60. The van der Waals surface area contributed by atoms with Crippen molar-refractivity contribution in [2.45, 2.75) is 0 Å². The summed E-state index contributed by atoms with van der Waals surface area (Å²) in [6.07, 6.45) is 0. The molecule has 162 valence electrons. The second kappa shape index (κ2) is 9.17. The molecule has 0 aliphatic carbocycles. The van der Waals surface area contributed by atoms with Gasteiger partial charge in [0.2, 0.25) is 6.79 Å². The molecule has 3 aromatic carbocycles. The fourth-order valence-electron chi connectivity index (χ4n) is 2.98. The lowest BCUT2D eigenvalue weighted by Gasteiger charge is -2.12. The van der Waals surface area contributed by atoms with Crippen molar-refractivity contribution in [1.82, 2.24) is 0 Å². The molecule has 0 bridgehead atoms. The molecule has 2 amide bonds. The highest BCUT2D eigenvalue weighted by Crippen LogP contribution is 2.34. The van der Waals surface area contributed by atoms with E-state index in [1.807, 2.05) is 0 Å². The molecule has 1 heterocycles. The fraction of sp³-hybridized carbons (Fsp3) is 0.0870. The van der Waals surface area contributed by atoms with Gasteiger partial charge in [-0.2, -0.15) is 0 Å². The molecule has 0 spiro atoms. The van der Waals surface area contributed by atoms with Crippen molar-refractivity contribution in [1.29, 1.82) is 0 Å². The average molecular weight is 436 g/mol. The zero-order valence-corrected chi connectivity index (χ0v) is 16.6. The first-order valence-electron chi connectivity index (χ1n) is 9.53. The molecule has 0 atom stereocenters. The zero-order valence-electron chi connectivity index (χ0n) is 16.6. The molecule has 0 saturated heterocycles. The van der Waals surface area contributed by atoms with E-state index in [9.17, 15) is 18.8 Å².